The molecule has 2 rings (SSSR count). The second kappa shape index (κ2) is 5.52. The van der Waals surface area contributed by atoms with E-state index in [1.165, 1.54) is 25.1 Å². The zero-order chi connectivity index (χ0) is 14.7. The molecule has 1 heterocycles. The number of carboxylic acids is 2. The van der Waals surface area contributed by atoms with Crippen LogP contribution in [0.4, 0.5) is 0 Å². The van der Waals surface area contributed by atoms with Crippen molar-refractivity contribution < 1.29 is 34.0 Å². The van der Waals surface area contributed by atoms with E-state index in [-0.39, 0.29) is 12.5 Å². The van der Waals surface area contributed by atoms with Gasteiger partial charge in [-0.05, 0) is 19.1 Å². The Kier molecular flexibility index (Phi) is 3.79. The lowest BCUT2D eigenvalue weighted by atomic mass is 10.1. The third kappa shape index (κ3) is 3.00. The first-order valence-electron chi connectivity index (χ1n) is 5.71. The molecule has 0 saturated carbocycles. The number of hydrogen-bond donors (Lipinski definition) is 2. The standard InChI is InChI=1S/C13H12O7/c1-7(13(16)17)20-9-5-11-10(18-6-19-11)4-8(9)2-3-12(14)15/h2-5,7H,6H2,1H3,(H,14,15)(H,16,17). The summed E-state index contributed by atoms with van der Waals surface area (Å²) in [4.78, 5) is 21.4. The molecule has 20 heavy (non-hydrogen) atoms. The fourth-order valence-electron chi connectivity index (χ4n) is 1.57. The molecule has 1 aromatic rings. The summed E-state index contributed by atoms with van der Waals surface area (Å²) >= 11 is 0. The van der Waals surface area contributed by atoms with Crippen LogP contribution in [0.5, 0.6) is 17.2 Å². The maximum atomic E-state index is 10.8. The van der Waals surface area contributed by atoms with Crippen molar-refractivity contribution in [2.45, 2.75) is 13.0 Å². The monoisotopic (exact) mass is 280 g/mol. The van der Waals surface area contributed by atoms with Crippen LogP contribution in [-0.4, -0.2) is 35.0 Å². The predicted octanol–water partition coefficient (Wildman–Crippen LogP) is 1.36. The van der Waals surface area contributed by atoms with Crippen LogP contribution in [0.25, 0.3) is 6.08 Å². The summed E-state index contributed by atoms with van der Waals surface area (Å²) in [5, 5.41) is 17.5. The van der Waals surface area contributed by atoms with Crippen LogP contribution in [0.1, 0.15) is 12.5 Å². The van der Waals surface area contributed by atoms with Crippen molar-refractivity contribution in [2.75, 3.05) is 6.79 Å². The first-order chi connectivity index (χ1) is 9.47. The highest BCUT2D eigenvalue weighted by atomic mass is 16.7. The topological polar surface area (TPSA) is 102 Å². The summed E-state index contributed by atoms with van der Waals surface area (Å²) in [7, 11) is 0. The zero-order valence-electron chi connectivity index (χ0n) is 10.5. The highest BCUT2D eigenvalue weighted by molar-refractivity contribution is 5.86. The summed E-state index contributed by atoms with van der Waals surface area (Å²) in [5.74, 6) is -1.17. The predicted molar refractivity (Wildman–Crippen MR) is 67.0 cm³/mol. The molecule has 106 valence electrons. The Labute approximate surface area is 114 Å². The summed E-state index contributed by atoms with van der Waals surface area (Å²) in [6, 6.07) is 3.01. The Balaban J connectivity index is 2.36. The van der Waals surface area contributed by atoms with Crippen LogP contribution in [0, 0.1) is 0 Å². The summed E-state index contributed by atoms with van der Waals surface area (Å²) in [5.41, 5.74) is 0.393. The highest BCUT2D eigenvalue weighted by Gasteiger charge is 2.20. The second-order valence-corrected chi connectivity index (χ2v) is 4.01. The van der Waals surface area contributed by atoms with Gasteiger partial charge in [-0.2, -0.15) is 0 Å². The summed E-state index contributed by atoms with van der Waals surface area (Å²) in [6.07, 6.45) is 1.15. The Hall–Kier alpha value is -2.70. The van der Waals surface area contributed by atoms with Crippen molar-refractivity contribution in [2.24, 2.45) is 0 Å². The van der Waals surface area contributed by atoms with Gasteiger partial charge in [-0.15, -0.1) is 0 Å². The number of hydrogen-bond acceptors (Lipinski definition) is 5. The Morgan fingerprint density at radius 1 is 1.30 bits per heavy atom. The minimum Gasteiger partial charge on any atom is -0.479 e. The van der Waals surface area contributed by atoms with Crippen LogP contribution < -0.4 is 14.2 Å². The van der Waals surface area contributed by atoms with Gasteiger partial charge in [-0.25, -0.2) is 9.59 Å². The van der Waals surface area contributed by atoms with Gasteiger partial charge in [0.2, 0.25) is 6.79 Å². The van der Waals surface area contributed by atoms with Gasteiger partial charge in [-0.1, -0.05) is 0 Å². The molecule has 0 radical (unpaired) electrons. The Morgan fingerprint density at radius 3 is 2.55 bits per heavy atom. The molecular weight excluding hydrogens is 268 g/mol. The van der Waals surface area contributed by atoms with E-state index < -0.39 is 18.0 Å². The van der Waals surface area contributed by atoms with Gasteiger partial charge in [0.15, 0.2) is 17.6 Å². The molecule has 0 aromatic heterocycles. The van der Waals surface area contributed by atoms with E-state index >= 15 is 0 Å². The Bertz CT molecular complexity index is 576. The number of benzene rings is 1. The molecule has 0 spiro atoms. The third-order valence-electron chi connectivity index (χ3n) is 2.56. The minimum atomic E-state index is -1.13. The van der Waals surface area contributed by atoms with Crippen molar-refractivity contribution in [3.05, 3.63) is 23.8 Å². The molecule has 1 aliphatic heterocycles. The van der Waals surface area contributed by atoms with Gasteiger partial charge in [0, 0.05) is 17.7 Å². The molecule has 0 aliphatic carbocycles. The van der Waals surface area contributed by atoms with Crippen molar-refractivity contribution in [3.8, 4) is 17.2 Å². The second-order valence-electron chi connectivity index (χ2n) is 4.01. The van der Waals surface area contributed by atoms with Crippen LogP contribution in [0.15, 0.2) is 18.2 Å². The van der Waals surface area contributed by atoms with Gasteiger partial charge in [0.1, 0.15) is 5.75 Å². The van der Waals surface area contributed by atoms with E-state index in [9.17, 15) is 9.59 Å². The maximum absolute atomic E-state index is 10.8. The van der Waals surface area contributed by atoms with Gasteiger partial charge in [-0.3, -0.25) is 0 Å². The van der Waals surface area contributed by atoms with E-state index in [4.69, 9.17) is 24.4 Å². The number of ether oxygens (including phenoxy) is 3. The van der Waals surface area contributed by atoms with E-state index in [0.29, 0.717) is 17.1 Å². The fourth-order valence-corrected chi connectivity index (χ4v) is 1.57. The van der Waals surface area contributed by atoms with E-state index in [0.717, 1.165) is 6.08 Å². The van der Waals surface area contributed by atoms with Crippen LogP contribution in [0.2, 0.25) is 0 Å². The molecule has 0 bridgehead atoms. The van der Waals surface area contributed by atoms with Gasteiger partial charge < -0.3 is 24.4 Å². The molecule has 7 nitrogen and oxygen atoms in total. The van der Waals surface area contributed by atoms with E-state index in [1.54, 1.807) is 0 Å². The summed E-state index contributed by atoms with van der Waals surface area (Å²) in [6.45, 7) is 1.42. The number of carboxylic acid groups (broad SMARTS) is 2. The molecule has 1 unspecified atom stereocenters. The molecule has 1 aliphatic rings. The molecule has 0 fully saturated rings. The molecule has 1 aromatic carbocycles. The number of aliphatic carboxylic acids is 2. The zero-order valence-corrected chi connectivity index (χ0v) is 10.5. The smallest absolute Gasteiger partial charge is 0.344 e. The van der Waals surface area contributed by atoms with Gasteiger partial charge in [0.25, 0.3) is 0 Å². The number of fused-ring (bicyclic) bond motifs is 1. The first-order valence-corrected chi connectivity index (χ1v) is 5.71. The normalized spacial score (nSPS) is 14.2. The molecule has 2 N–H and O–H groups in total. The van der Waals surface area contributed by atoms with Crippen LogP contribution in [0.3, 0.4) is 0 Å². The Morgan fingerprint density at radius 2 is 1.95 bits per heavy atom. The highest BCUT2D eigenvalue weighted by Crippen LogP contribution is 2.39. The van der Waals surface area contributed by atoms with Crippen LogP contribution >= 0.6 is 0 Å². The molecule has 7 heteroatoms. The van der Waals surface area contributed by atoms with Crippen molar-refractivity contribution in [1.82, 2.24) is 0 Å². The lowest BCUT2D eigenvalue weighted by Crippen LogP contribution is -2.23. The van der Waals surface area contributed by atoms with Gasteiger partial charge in [0.05, 0.1) is 0 Å². The molecular formula is C13H12O7. The third-order valence-corrected chi connectivity index (χ3v) is 2.56. The molecule has 0 amide bonds. The van der Waals surface area contributed by atoms with Crippen molar-refractivity contribution >= 4 is 18.0 Å². The SMILES string of the molecule is CC(Oc1cc2c(cc1C=CC(=O)O)OCO2)C(=O)O. The average Bonchev–Trinajstić information content (AvgIpc) is 2.82. The summed E-state index contributed by atoms with van der Waals surface area (Å²) < 4.78 is 15.6. The minimum absolute atomic E-state index is 0.0509. The maximum Gasteiger partial charge on any atom is 0.344 e. The number of carbonyl (C=O) groups is 2. The van der Waals surface area contributed by atoms with E-state index in [1.807, 2.05) is 0 Å². The molecule has 1 atom stereocenters. The molecule has 0 saturated heterocycles. The first kappa shape index (κ1) is 13.7. The largest absolute Gasteiger partial charge is 0.479 e. The lowest BCUT2D eigenvalue weighted by Gasteiger charge is -2.13. The fraction of sp³-hybridized carbons (Fsp3) is 0.231. The van der Waals surface area contributed by atoms with Gasteiger partial charge >= 0.3 is 11.9 Å². The lowest BCUT2D eigenvalue weighted by molar-refractivity contribution is -0.144. The average molecular weight is 280 g/mol. The van der Waals surface area contributed by atoms with Crippen LogP contribution in [-0.2, 0) is 9.59 Å². The van der Waals surface area contributed by atoms with E-state index in [2.05, 4.69) is 0 Å². The quantitative estimate of drug-likeness (QED) is 0.785. The van der Waals surface area contributed by atoms with Crippen molar-refractivity contribution in [1.29, 1.82) is 0 Å². The van der Waals surface area contributed by atoms with Crippen molar-refractivity contribution in [3.63, 3.8) is 0 Å². The number of rotatable bonds is 5.